The van der Waals surface area contributed by atoms with Crippen molar-refractivity contribution in [2.24, 2.45) is 17.6 Å². The van der Waals surface area contributed by atoms with E-state index >= 15 is 0 Å². The number of rotatable bonds is 2. The first-order valence-electron chi connectivity index (χ1n) is 3.64. The molecule has 0 aromatic carbocycles. The van der Waals surface area contributed by atoms with Crippen LogP contribution < -0.4 is 5.73 Å². The van der Waals surface area contributed by atoms with Gasteiger partial charge in [0.15, 0.2) is 0 Å². The lowest BCUT2D eigenvalue weighted by molar-refractivity contribution is 0.267. The molecule has 0 aromatic rings. The second-order valence-corrected chi connectivity index (χ2v) is 3.85. The van der Waals surface area contributed by atoms with Gasteiger partial charge in [-0.3, -0.25) is 0 Å². The fourth-order valence-electron chi connectivity index (χ4n) is 0.859. The van der Waals surface area contributed by atoms with Crippen LogP contribution in [-0.2, 0) is 0 Å². The Labute approximate surface area is 58.6 Å². The average Bonchev–Trinajstić information content (AvgIpc) is 1.62. The van der Waals surface area contributed by atoms with Gasteiger partial charge in [0, 0.05) is 5.54 Å². The van der Waals surface area contributed by atoms with Gasteiger partial charge in [-0.2, -0.15) is 0 Å². The van der Waals surface area contributed by atoms with Crippen LogP contribution in [0.3, 0.4) is 0 Å². The van der Waals surface area contributed by atoms with Crippen LogP contribution in [0.2, 0.25) is 0 Å². The highest BCUT2D eigenvalue weighted by atomic mass is 14.7. The van der Waals surface area contributed by atoms with Gasteiger partial charge in [0.1, 0.15) is 0 Å². The molecule has 0 aliphatic rings. The Hall–Kier alpha value is -0.0400. The molecule has 2 N–H and O–H groups in total. The van der Waals surface area contributed by atoms with Crippen LogP contribution in [0.4, 0.5) is 0 Å². The third-order valence-corrected chi connectivity index (χ3v) is 2.17. The van der Waals surface area contributed by atoms with E-state index in [-0.39, 0.29) is 5.54 Å². The molecule has 1 atom stereocenters. The molecule has 0 saturated heterocycles. The molecule has 0 amide bonds. The zero-order valence-electron chi connectivity index (χ0n) is 7.23. The van der Waals surface area contributed by atoms with E-state index in [1.165, 1.54) is 0 Å². The van der Waals surface area contributed by atoms with Crippen molar-refractivity contribution in [2.45, 2.75) is 40.2 Å². The summed E-state index contributed by atoms with van der Waals surface area (Å²) in [5, 5.41) is 0. The average molecular weight is 129 g/mol. The number of hydrogen-bond acceptors (Lipinski definition) is 1. The van der Waals surface area contributed by atoms with Crippen LogP contribution in [-0.4, -0.2) is 5.54 Å². The van der Waals surface area contributed by atoms with Crippen molar-refractivity contribution < 1.29 is 0 Å². The minimum atomic E-state index is -0.0197. The van der Waals surface area contributed by atoms with Crippen molar-refractivity contribution >= 4 is 0 Å². The first kappa shape index (κ1) is 8.96. The summed E-state index contributed by atoms with van der Waals surface area (Å²) in [6.45, 7) is 10.8. The molecule has 0 saturated carbocycles. The second kappa shape index (κ2) is 2.70. The van der Waals surface area contributed by atoms with Crippen LogP contribution in [0.1, 0.15) is 34.6 Å². The number of hydrogen-bond donors (Lipinski definition) is 1. The van der Waals surface area contributed by atoms with Crippen molar-refractivity contribution in [3.8, 4) is 0 Å². The molecule has 1 nitrogen and oxygen atoms in total. The van der Waals surface area contributed by atoms with Crippen molar-refractivity contribution in [3.63, 3.8) is 0 Å². The lowest BCUT2D eigenvalue weighted by Crippen LogP contribution is -2.41. The highest BCUT2D eigenvalue weighted by molar-refractivity contribution is 4.80. The summed E-state index contributed by atoms with van der Waals surface area (Å²) in [4.78, 5) is 0. The van der Waals surface area contributed by atoms with Crippen LogP contribution in [0, 0.1) is 11.8 Å². The van der Waals surface area contributed by atoms with Crippen LogP contribution in [0.5, 0.6) is 0 Å². The molecule has 0 spiro atoms. The summed E-state index contributed by atoms with van der Waals surface area (Å²) in [7, 11) is 0. The van der Waals surface area contributed by atoms with Crippen LogP contribution in [0.15, 0.2) is 0 Å². The fraction of sp³-hybridized carbons (Fsp3) is 1.00. The third kappa shape index (κ3) is 2.85. The Balaban J connectivity index is 3.88. The van der Waals surface area contributed by atoms with Crippen LogP contribution >= 0.6 is 0 Å². The van der Waals surface area contributed by atoms with Gasteiger partial charge in [0.25, 0.3) is 0 Å². The van der Waals surface area contributed by atoms with Gasteiger partial charge in [0.2, 0.25) is 0 Å². The van der Waals surface area contributed by atoms with E-state index in [9.17, 15) is 0 Å². The SMILES string of the molecule is CC(C)[C@H](C)C(C)(C)N. The van der Waals surface area contributed by atoms with E-state index in [1.54, 1.807) is 0 Å². The van der Waals surface area contributed by atoms with Gasteiger partial charge in [-0.25, -0.2) is 0 Å². The maximum Gasteiger partial charge on any atom is 0.0125 e. The molecule has 56 valence electrons. The Bertz CT molecular complexity index is 79.1. The molecule has 0 rings (SSSR count). The van der Waals surface area contributed by atoms with Gasteiger partial charge in [-0.15, -0.1) is 0 Å². The Morgan fingerprint density at radius 2 is 1.44 bits per heavy atom. The zero-order valence-corrected chi connectivity index (χ0v) is 7.23. The monoisotopic (exact) mass is 129 g/mol. The van der Waals surface area contributed by atoms with E-state index in [1.807, 2.05) is 0 Å². The minimum absolute atomic E-state index is 0.0197. The van der Waals surface area contributed by atoms with E-state index < -0.39 is 0 Å². The topological polar surface area (TPSA) is 26.0 Å². The maximum atomic E-state index is 5.88. The maximum absolute atomic E-state index is 5.88. The minimum Gasteiger partial charge on any atom is -0.325 e. The zero-order chi connectivity index (χ0) is 7.65. The van der Waals surface area contributed by atoms with Crippen molar-refractivity contribution in [3.05, 3.63) is 0 Å². The summed E-state index contributed by atoms with van der Waals surface area (Å²) in [5.41, 5.74) is 5.86. The Kier molecular flexibility index (Phi) is 2.68. The fourth-order valence-corrected chi connectivity index (χ4v) is 0.859. The summed E-state index contributed by atoms with van der Waals surface area (Å²) < 4.78 is 0. The molecule has 0 unspecified atom stereocenters. The quantitative estimate of drug-likeness (QED) is 0.606. The van der Waals surface area contributed by atoms with Gasteiger partial charge in [-0.05, 0) is 25.7 Å². The lowest BCUT2D eigenvalue weighted by Gasteiger charge is -2.30. The van der Waals surface area contributed by atoms with Gasteiger partial charge in [-0.1, -0.05) is 20.8 Å². The largest absolute Gasteiger partial charge is 0.325 e. The van der Waals surface area contributed by atoms with E-state index in [2.05, 4.69) is 34.6 Å². The molecule has 0 aromatic heterocycles. The van der Waals surface area contributed by atoms with Crippen molar-refractivity contribution in [1.82, 2.24) is 0 Å². The molecule has 0 bridgehead atoms. The summed E-state index contributed by atoms with van der Waals surface area (Å²) in [5.74, 6) is 1.28. The second-order valence-electron chi connectivity index (χ2n) is 3.85. The van der Waals surface area contributed by atoms with Gasteiger partial charge < -0.3 is 5.73 Å². The van der Waals surface area contributed by atoms with E-state index in [0.29, 0.717) is 11.8 Å². The highest BCUT2D eigenvalue weighted by Gasteiger charge is 2.22. The molecule has 9 heavy (non-hydrogen) atoms. The first-order valence-corrected chi connectivity index (χ1v) is 3.64. The smallest absolute Gasteiger partial charge is 0.0125 e. The summed E-state index contributed by atoms with van der Waals surface area (Å²) in [6.07, 6.45) is 0. The van der Waals surface area contributed by atoms with Gasteiger partial charge >= 0.3 is 0 Å². The molecular weight excluding hydrogens is 110 g/mol. The van der Waals surface area contributed by atoms with Gasteiger partial charge in [0.05, 0.1) is 0 Å². The van der Waals surface area contributed by atoms with Crippen molar-refractivity contribution in [1.29, 1.82) is 0 Å². The first-order chi connectivity index (χ1) is 3.85. The molecule has 1 heteroatoms. The van der Waals surface area contributed by atoms with Crippen LogP contribution in [0.25, 0.3) is 0 Å². The van der Waals surface area contributed by atoms with E-state index in [4.69, 9.17) is 5.73 Å². The Morgan fingerprint density at radius 1 is 1.11 bits per heavy atom. The standard InChI is InChI=1S/C8H19N/c1-6(2)7(3)8(4,5)9/h6-7H,9H2,1-5H3/t7-/m0/s1. The molecule has 0 fully saturated rings. The molecule has 0 radical (unpaired) electrons. The number of nitrogens with two attached hydrogens (primary N) is 1. The normalized spacial score (nSPS) is 16.3. The van der Waals surface area contributed by atoms with E-state index in [0.717, 1.165) is 0 Å². The predicted molar refractivity (Wildman–Crippen MR) is 42.3 cm³/mol. The molecule has 0 aliphatic heterocycles. The molecule has 0 heterocycles. The predicted octanol–water partition coefficient (Wildman–Crippen LogP) is 2.02. The summed E-state index contributed by atoms with van der Waals surface area (Å²) in [6, 6.07) is 0. The summed E-state index contributed by atoms with van der Waals surface area (Å²) >= 11 is 0. The third-order valence-electron chi connectivity index (χ3n) is 2.17. The van der Waals surface area contributed by atoms with Crippen molar-refractivity contribution in [2.75, 3.05) is 0 Å². The highest BCUT2D eigenvalue weighted by Crippen LogP contribution is 2.20. The molecule has 0 aliphatic carbocycles. The lowest BCUT2D eigenvalue weighted by atomic mass is 9.82. The molecular formula is C8H19N. The Morgan fingerprint density at radius 3 is 1.44 bits per heavy atom.